The number of guanidine groups is 1. The van der Waals surface area contributed by atoms with Crippen molar-refractivity contribution < 1.29 is 4.92 Å². The zero-order valence-corrected chi connectivity index (χ0v) is 9.32. The van der Waals surface area contributed by atoms with Crippen molar-refractivity contribution in [1.29, 1.82) is 0 Å². The number of rotatable bonds is 2. The maximum Gasteiger partial charge on any atom is 0.295 e. The van der Waals surface area contributed by atoms with Gasteiger partial charge in [0.1, 0.15) is 5.69 Å². The van der Waals surface area contributed by atoms with Crippen molar-refractivity contribution in [1.82, 2.24) is 5.43 Å². The van der Waals surface area contributed by atoms with E-state index >= 15 is 0 Å². The first-order valence-electron chi connectivity index (χ1n) is 4.10. The molecule has 5 N–H and O–H groups in total. The van der Waals surface area contributed by atoms with Crippen molar-refractivity contribution >= 4 is 29.7 Å². The third kappa shape index (κ3) is 3.37. The summed E-state index contributed by atoms with van der Waals surface area (Å²) in [5.41, 5.74) is 8.24. The molecule has 0 unspecified atom stereocenters. The maximum atomic E-state index is 10.7. The summed E-state index contributed by atoms with van der Waals surface area (Å²) >= 11 is 0. The van der Waals surface area contributed by atoms with Crippen LogP contribution in [0.5, 0.6) is 0 Å². The number of nitrogens with zero attached hydrogens (tertiary/aromatic N) is 2. The van der Waals surface area contributed by atoms with Gasteiger partial charge < -0.3 is 5.73 Å². The third-order valence-electron chi connectivity index (χ3n) is 1.72. The fraction of sp³-hybridized carbons (Fsp3) is 0.125. The summed E-state index contributed by atoms with van der Waals surface area (Å²) < 4.78 is 0. The van der Waals surface area contributed by atoms with Gasteiger partial charge in [-0.25, -0.2) is 10.8 Å². The molecule has 0 amide bonds. The number of nitro groups is 1. The average molecular weight is 246 g/mol. The number of nitrogens with two attached hydrogens (primary N) is 2. The van der Waals surface area contributed by atoms with Crippen LogP contribution in [-0.2, 0) is 0 Å². The van der Waals surface area contributed by atoms with Crippen molar-refractivity contribution in [2.45, 2.75) is 6.92 Å². The van der Waals surface area contributed by atoms with Crippen LogP contribution in [0.25, 0.3) is 0 Å². The molecule has 88 valence electrons. The number of hydrogen-bond donors (Lipinski definition) is 3. The SMILES string of the molecule is Cc1ccc(N=C(N)NN)c([N+](=O)[O-])c1.Cl. The average Bonchev–Trinajstić information content (AvgIpc) is 2.20. The molecule has 0 heterocycles. The fourth-order valence-electron chi connectivity index (χ4n) is 1.04. The molecular formula is C8H12ClN5O2. The summed E-state index contributed by atoms with van der Waals surface area (Å²) in [5, 5.41) is 10.7. The number of halogens is 1. The summed E-state index contributed by atoms with van der Waals surface area (Å²) in [6.45, 7) is 1.75. The second kappa shape index (κ2) is 5.89. The topological polar surface area (TPSA) is 120 Å². The summed E-state index contributed by atoms with van der Waals surface area (Å²) in [6.07, 6.45) is 0. The van der Waals surface area contributed by atoms with Crippen LogP contribution in [0.3, 0.4) is 0 Å². The van der Waals surface area contributed by atoms with E-state index in [0.29, 0.717) is 0 Å². The number of benzene rings is 1. The summed E-state index contributed by atoms with van der Waals surface area (Å²) in [5.74, 6) is 4.92. The largest absolute Gasteiger partial charge is 0.369 e. The Kier molecular flexibility index (Phi) is 5.20. The third-order valence-corrected chi connectivity index (χ3v) is 1.72. The highest BCUT2D eigenvalue weighted by atomic mass is 35.5. The van der Waals surface area contributed by atoms with Gasteiger partial charge in [-0.3, -0.25) is 15.5 Å². The van der Waals surface area contributed by atoms with Crippen LogP contribution >= 0.6 is 12.4 Å². The number of hydrogen-bond acceptors (Lipinski definition) is 4. The first-order chi connectivity index (χ1) is 7.04. The van der Waals surface area contributed by atoms with Crippen LogP contribution in [0, 0.1) is 17.0 Å². The predicted octanol–water partition coefficient (Wildman–Crippen LogP) is 0.735. The van der Waals surface area contributed by atoms with Gasteiger partial charge in [0.15, 0.2) is 0 Å². The monoisotopic (exact) mass is 245 g/mol. The van der Waals surface area contributed by atoms with Crippen molar-refractivity contribution in [3.05, 3.63) is 33.9 Å². The highest BCUT2D eigenvalue weighted by molar-refractivity contribution is 5.85. The van der Waals surface area contributed by atoms with Gasteiger partial charge in [0, 0.05) is 6.07 Å². The molecule has 0 fully saturated rings. The molecule has 0 aromatic heterocycles. The van der Waals surface area contributed by atoms with E-state index in [2.05, 4.69) is 10.4 Å². The Hall–Kier alpha value is -1.86. The van der Waals surface area contributed by atoms with E-state index in [4.69, 9.17) is 11.6 Å². The lowest BCUT2D eigenvalue weighted by Crippen LogP contribution is -2.36. The highest BCUT2D eigenvalue weighted by Gasteiger charge is 2.13. The van der Waals surface area contributed by atoms with Crippen molar-refractivity contribution in [2.24, 2.45) is 16.6 Å². The number of nitro benzene ring substituents is 1. The Bertz CT molecular complexity index is 421. The molecule has 7 nitrogen and oxygen atoms in total. The molecule has 1 aromatic rings. The highest BCUT2D eigenvalue weighted by Crippen LogP contribution is 2.27. The van der Waals surface area contributed by atoms with E-state index in [1.54, 1.807) is 13.0 Å². The van der Waals surface area contributed by atoms with Crippen molar-refractivity contribution in [3.8, 4) is 0 Å². The zero-order chi connectivity index (χ0) is 11.4. The van der Waals surface area contributed by atoms with Gasteiger partial charge in [-0.1, -0.05) is 6.07 Å². The lowest BCUT2D eigenvalue weighted by molar-refractivity contribution is -0.384. The zero-order valence-electron chi connectivity index (χ0n) is 8.51. The summed E-state index contributed by atoms with van der Waals surface area (Å²) in [4.78, 5) is 13.9. The summed E-state index contributed by atoms with van der Waals surface area (Å²) in [6, 6.07) is 4.63. The first-order valence-corrected chi connectivity index (χ1v) is 4.10. The minimum absolute atomic E-state index is 0. The van der Waals surface area contributed by atoms with Gasteiger partial charge in [0.05, 0.1) is 4.92 Å². The van der Waals surface area contributed by atoms with E-state index in [9.17, 15) is 10.1 Å². The molecule has 0 spiro atoms. The molecular weight excluding hydrogens is 234 g/mol. The van der Waals surface area contributed by atoms with Crippen molar-refractivity contribution in [2.75, 3.05) is 0 Å². The minimum atomic E-state index is -0.518. The molecule has 0 aliphatic rings. The number of nitrogens with one attached hydrogen (secondary N) is 1. The quantitative estimate of drug-likeness (QED) is 0.233. The Balaban J connectivity index is 0.00000225. The number of aliphatic imine (C=N–C) groups is 1. The van der Waals surface area contributed by atoms with Crippen LogP contribution < -0.4 is 17.0 Å². The molecule has 16 heavy (non-hydrogen) atoms. The van der Waals surface area contributed by atoms with Gasteiger partial charge in [-0.15, -0.1) is 12.4 Å². The van der Waals surface area contributed by atoms with Crippen LogP contribution in [0.4, 0.5) is 11.4 Å². The van der Waals surface area contributed by atoms with Gasteiger partial charge in [0.25, 0.3) is 5.69 Å². The lowest BCUT2D eigenvalue weighted by atomic mass is 10.2. The second-order valence-electron chi connectivity index (χ2n) is 2.89. The van der Waals surface area contributed by atoms with Gasteiger partial charge in [-0.05, 0) is 18.6 Å². The van der Waals surface area contributed by atoms with E-state index in [1.165, 1.54) is 12.1 Å². The molecule has 1 rings (SSSR count). The second-order valence-corrected chi connectivity index (χ2v) is 2.89. The maximum absolute atomic E-state index is 10.7. The molecule has 1 aromatic carbocycles. The Labute approximate surface area is 98.1 Å². The smallest absolute Gasteiger partial charge is 0.295 e. The fourth-order valence-corrected chi connectivity index (χ4v) is 1.04. The Morgan fingerprint density at radius 1 is 1.56 bits per heavy atom. The standard InChI is InChI=1S/C8H11N5O2.ClH/c1-5-2-3-6(11-8(9)12-10)7(4-5)13(14)15;/h2-4H,10H2,1H3,(H3,9,11,12);1H. The van der Waals surface area contributed by atoms with Crippen LogP contribution in [0.2, 0.25) is 0 Å². The molecule has 0 atom stereocenters. The molecule has 0 saturated carbocycles. The lowest BCUT2D eigenvalue weighted by Gasteiger charge is -2.01. The van der Waals surface area contributed by atoms with Crippen LogP contribution in [-0.4, -0.2) is 10.9 Å². The predicted molar refractivity (Wildman–Crippen MR) is 63.7 cm³/mol. The van der Waals surface area contributed by atoms with Gasteiger partial charge in [0.2, 0.25) is 5.96 Å². The van der Waals surface area contributed by atoms with E-state index in [1.807, 2.05) is 0 Å². The van der Waals surface area contributed by atoms with Crippen molar-refractivity contribution in [3.63, 3.8) is 0 Å². The Morgan fingerprint density at radius 2 is 2.19 bits per heavy atom. The molecule has 0 bridgehead atoms. The molecule has 0 aliphatic carbocycles. The molecule has 0 radical (unpaired) electrons. The van der Waals surface area contributed by atoms with Gasteiger partial charge in [-0.2, -0.15) is 0 Å². The molecule has 8 heteroatoms. The molecule has 0 saturated heterocycles. The number of aryl methyl sites for hydroxylation is 1. The van der Waals surface area contributed by atoms with E-state index in [0.717, 1.165) is 5.56 Å². The molecule has 0 aliphatic heterocycles. The minimum Gasteiger partial charge on any atom is -0.369 e. The first kappa shape index (κ1) is 14.1. The van der Waals surface area contributed by atoms with E-state index in [-0.39, 0.29) is 29.7 Å². The number of hydrazine groups is 1. The Morgan fingerprint density at radius 3 is 2.69 bits per heavy atom. The van der Waals surface area contributed by atoms with Gasteiger partial charge >= 0.3 is 0 Å². The van der Waals surface area contributed by atoms with Crippen LogP contribution in [0.15, 0.2) is 23.2 Å². The normalized spacial score (nSPS) is 10.5. The summed E-state index contributed by atoms with van der Waals surface area (Å²) in [7, 11) is 0. The van der Waals surface area contributed by atoms with Crippen LogP contribution in [0.1, 0.15) is 5.56 Å². The van der Waals surface area contributed by atoms with E-state index < -0.39 is 4.92 Å².